The lowest BCUT2D eigenvalue weighted by Gasteiger charge is -2.22. The van der Waals surface area contributed by atoms with E-state index in [-0.39, 0.29) is 11.6 Å². The zero-order valence-corrected chi connectivity index (χ0v) is 9.66. The largest absolute Gasteiger partial charge is 0.490 e. The van der Waals surface area contributed by atoms with Gasteiger partial charge >= 0.3 is 0 Å². The zero-order valence-electron chi connectivity index (χ0n) is 8.90. The quantitative estimate of drug-likeness (QED) is 0.875. The maximum Gasteiger partial charge on any atom is 0.130 e. The molecule has 1 aromatic carbocycles. The summed E-state index contributed by atoms with van der Waals surface area (Å²) in [5.41, 5.74) is -0.712. The minimum absolute atomic E-state index is 0.0151. The topological polar surface area (TPSA) is 53.2 Å². The number of halogens is 1. The molecule has 84 valence electrons. The summed E-state index contributed by atoms with van der Waals surface area (Å²) in [5, 5.41) is 18.5. The van der Waals surface area contributed by atoms with Crippen LogP contribution in [0.15, 0.2) is 35.9 Å². The molecule has 0 radical (unpaired) electrons. The van der Waals surface area contributed by atoms with Crippen LogP contribution in [0.3, 0.4) is 0 Å². The van der Waals surface area contributed by atoms with Gasteiger partial charge in [-0.1, -0.05) is 18.2 Å². The Bertz CT molecular complexity index is 418. The molecule has 0 saturated heterocycles. The van der Waals surface area contributed by atoms with Gasteiger partial charge in [-0.15, -0.1) is 0 Å². The summed E-state index contributed by atoms with van der Waals surface area (Å²) in [5.74, 6) is 0.567. The fraction of sp³-hybridized carbons (Fsp3) is 0.250. The van der Waals surface area contributed by atoms with Crippen LogP contribution in [-0.4, -0.2) is 17.3 Å². The van der Waals surface area contributed by atoms with Gasteiger partial charge in [0, 0.05) is 5.03 Å². The van der Waals surface area contributed by atoms with Crippen molar-refractivity contribution in [1.82, 2.24) is 0 Å². The summed E-state index contributed by atoms with van der Waals surface area (Å²) in [6.07, 6.45) is 0. The first kappa shape index (κ1) is 12.6. The van der Waals surface area contributed by atoms with Gasteiger partial charge in [-0.3, -0.25) is 0 Å². The SMILES string of the molecule is C=C(Cl)[C@](C)(O)COc1ccc(C#N)cc1. The summed E-state index contributed by atoms with van der Waals surface area (Å²) in [4.78, 5) is 0. The summed E-state index contributed by atoms with van der Waals surface area (Å²) < 4.78 is 5.33. The fourth-order valence-electron chi connectivity index (χ4n) is 0.928. The molecular formula is C12H12ClNO2. The fourth-order valence-corrected chi connectivity index (χ4v) is 0.982. The van der Waals surface area contributed by atoms with Crippen molar-refractivity contribution in [3.05, 3.63) is 41.4 Å². The van der Waals surface area contributed by atoms with E-state index in [0.717, 1.165) is 0 Å². The van der Waals surface area contributed by atoms with Gasteiger partial charge in [0.15, 0.2) is 0 Å². The Morgan fingerprint density at radius 1 is 1.56 bits per heavy atom. The van der Waals surface area contributed by atoms with Crippen LogP contribution < -0.4 is 4.74 Å². The number of hydrogen-bond donors (Lipinski definition) is 1. The first-order valence-corrected chi connectivity index (χ1v) is 5.04. The molecule has 0 aliphatic carbocycles. The predicted molar refractivity (Wildman–Crippen MR) is 62.3 cm³/mol. The van der Waals surface area contributed by atoms with E-state index in [4.69, 9.17) is 21.6 Å². The van der Waals surface area contributed by atoms with Crippen molar-refractivity contribution in [1.29, 1.82) is 5.26 Å². The van der Waals surface area contributed by atoms with Crippen molar-refractivity contribution in [2.45, 2.75) is 12.5 Å². The number of nitriles is 1. The smallest absolute Gasteiger partial charge is 0.130 e. The van der Waals surface area contributed by atoms with E-state index in [9.17, 15) is 5.11 Å². The molecular weight excluding hydrogens is 226 g/mol. The third-order valence-electron chi connectivity index (χ3n) is 2.09. The Morgan fingerprint density at radius 3 is 2.56 bits per heavy atom. The van der Waals surface area contributed by atoms with Gasteiger partial charge in [0.05, 0.1) is 11.6 Å². The molecule has 1 atom stereocenters. The van der Waals surface area contributed by atoms with Crippen LogP contribution in [-0.2, 0) is 0 Å². The molecule has 0 unspecified atom stereocenters. The van der Waals surface area contributed by atoms with Gasteiger partial charge in [-0.2, -0.15) is 5.26 Å². The normalized spacial score (nSPS) is 13.6. The molecule has 0 bridgehead atoms. The van der Waals surface area contributed by atoms with Gasteiger partial charge < -0.3 is 9.84 Å². The van der Waals surface area contributed by atoms with Crippen LogP contribution >= 0.6 is 11.6 Å². The molecule has 0 fully saturated rings. The van der Waals surface area contributed by atoms with Crippen molar-refractivity contribution in [3.63, 3.8) is 0 Å². The van der Waals surface area contributed by atoms with Crippen LogP contribution in [0.5, 0.6) is 5.75 Å². The lowest BCUT2D eigenvalue weighted by atomic mass is 10.1. The number of ether oxygens (including phenoxy) is 1. The first-order valence-electron chi connectivity index (χ1n) is 4.66. The highest BCUT2D eigenvalue weighted by molar-refractivity contribution is 6.30. The van der Waals surface area contributed by atoms with Crippen LogP contribution in [0.1, 0.15) is 12.5 Å². The Kier molecular flexibility index (Phi) is 3.94. The molecule has 0 aromatic heterocycles. The van der Waals surface area contributed by atoms with Gasteiger partial charge in [0.1, 0.15) is 18.0 Å². The number of nitrogens with zero attached hydrogens (tertiary/aromatic N) is 1. The second-order valence-electron chi connectivity index (χ2n) is 3.60. The van der Waals surface area contributed by atoms with Crippen LogP contribution in [0.4, 0.5) is 0 Å². The molecule has 1 rings (SSSR count). The van der Waals surface area contributed by atoms with E-state index in [0.29, 0.717) is 11.3 Å². The molecule has 0 saturated carbocycles. The van der Waals surface area contributed by atoms with E-state index in [2.05, 4.69) is 6.58 Å². The molecule has 0 aliphatic heterocycles. The lowest BCUT2D eigenvalue weighted by molar-refractivity contribution is 0.0506. The zero-order chi connectivity index (χ0) is 12.2. The third-order valence-corrected chi connectivity index (χ3v) is 2.49. The highest BCUT2D eigenvalue weighted by Crippen LogP contribution is 2.20. The molecule has 16 heavy (non-hydrogen) atoms. The van der Waals surface area contributed by atoms with E-state index in [1.54, 1.807) is 24.3 Å². The summed E-state index contributed by atoms with van der Waals surface area (Å²) >= 11 is 5.62. The van der Waals surface area contributed by atoms with Gasteiger partial charge in [-0.25, -0.2) is 0 Å². The molecule has 1 aromatic rings. The minimum atomic E-state index is -1.27. The highest BCUT2D eigenvalue weighted by atomic mass is 35.5. The molecule has 0 spiro atoms. The molecule has 0 amide bonds. The van der Waals surface area contributed by atoms with Crippen molar-refractivity contribution in [2.24, 2.45) is 0 Å². The van der Waals surface area contributed by atoms with E-state index >= 15 is 0 Å². The monoisotopic (exact) mass is 237 g/mol. The average Bonchev–Trinajstić information content (AvgIpc) is 2.27. The second kappa shape index (κ2) is 5.02. The maximum atomic E-state index is 9.74. The Hall–Kier alpha value is -1.50. The molecule has 0 heterocycles. The highest BCUT2D eigenvalue weighted by Gasteiger charge is 2.24. The number of rotatable bonds is 4. The van der Waals surface area contributed by atoms with E-state index in [1.807, 2.05) is 6.07 Å². The van der Waals surface area contributed by atoms with Crippen molar-refractivity contribution in [3.8, 4) is 11.8 Å². The molecule has 0 aliphatic rings. The third kappa shape index (κ3) is 3.27. The van der Waals surface area contributed by atoms with E-state index < -0.39 is 5.60 Å². The molecule has 4 heteroatoms. The number of benzene rings is 1. The van der Waals surface area contributed by atoms with Gasteiger partial charge in [0.2, 0.25) is 0 Å². The van der Waals surface area contributed by atoms with E-state index in [1.165, 1.54) is 6.92 Å². The number of aliphatic hydroxyl groups is 1. The molecule has 3 nitrogen and oxygen atoms in total. The lowest BCUT2D eigenvalue weighted by Crippen LogP contribution is -2.32. The summed E-state index contributed by atoms with van der Waals surface area (Å²) in [6, 6.07) is 8.60. The maximum absolute atomic E-state index is 9.74. The van der Waals surface area contributed by atoms with Crippen LogP contribution in [0.25, 0.3) is 0 Å². The van der Waals surface area contributed by atoms with Gasteiger partial charge in [-0.05, 0) is 31.2 Å². The van der Waals surface area contributed by atoms with Crippen molar-refractivity contribution in [2.75, 3.05) is 6.61 Å². The standard InChI is InChI=1S/C12H12ClNO2/c1-9(13)12(2,15)8-16-11-5-3-10(7-14)4-6-11/h3-6,15H,1,8H2,2H3/t12-/m1/s1. The minimum Gasteiger partial charge on any atom is -0.490 e. The van der Waals surface area contributed by atoms with Crippen molar-refractivity contribution >= 4 is 11.6 Å². The van der Waals surface area contributed by atoms with Gasteiger partial charge in [0.25, 0.3) is 0 Å². The molecule has 1 N–H and O–H groups in total. The summed E-state index contributed by atoms with van der Waals surface area (Å²) in [7, 11) is 0. The predicted octanol–water partition coefficient (Wildman–Crippen LogP) is 2.44. The summed E-state index contributed by atoms with van der Waals surface area (Å²) in [6.45, 7) is 4.99. The second-order valence-corrected chi connectivity index (χ2v) is 4.06. The van der Waals surface area contributed by atoms with Crippen LogP contribution in [0.2, 0.25) is 0 Å². The van der Waals surface area contributed by atoms with Crippen LogP contribution in [0, 0.1) is 11.3 Å². The first-order chi connectivity index (χ1) is 7.45. The Balaban J connectivity index is 2.62. The van der Waals surface area contributed by atoms with Crippen molar-refractivity contribution < 1.29 is 9.84 Å². The Labute approximate surface area is 99.5 Å². The number of hydrogen-bond acceptors (Lipinski definition) is 3. The Morgan fingerprint density at radius 2 is 2.12 bits per heavy atom. The average molecular weight is 238 g/mol.